The Balaban J connectivity index is 1.73. The lowest BCUT2D eigenvalue weighted by molar-refractivity contribution is -0.133. The topological polar surface area (TPSA) is 70.7 Å². The summed E-state index contributed by atoms with van der Waals surface area (Å²) in [5, 5.41) is 3.21. The Labute approximate surface area is 102 Å². The van der Waals surface area contributed by atoms with E-state index in [0.717, 1.165) is 13.0 Å². The number of amides is 1. The van der Waals surface area contributed by atoms with Crippen LogP contribution in [0.5, 0.6) is 0 Å². The Kier molecular flexibility index (Phi) is 3.86. The maximum atomic E-state index is 11.5. The summed E-state index contributed by atoms with van der Waals surface area (Å²) in [7, 11) is 1.86. The molecule has 0 aromatic carbocycles. The second-order valence-corrected chi connectivity index (χ2v) is 5.17. The first-order valence-corrected chi connectivity index (χ1v) is 6.45. The zero-order chi connectivity index (χ0) is 12.3. The molecule has 2 rings (SSSR count). The molecule has 1 unspecified atom stereocenters. The Bertz CT molecular complexity index is 312. The average molecular weight is 238 g/mol. The second kappa shape index (κ2) is 5.38. The van der Waals surface area contributed by atoms with E-state index in [1.54, 1.807) is 4.90 Å². The average Bonchev–Trinajstić information content (AvgIpc) is 2.25. The number of nitrogens with zero attached hydrogens (tertiary/aromatic N) is 2. The van der Waals surface area contributed by atoms with Gasteiger partial charge >= 0.3 is 0 Å². The van der Waals surface area contributed by atoms with Gasteiger partial charge in [0.2, 0.25) is 5.91 Å². The predicted octanol–water partition coefficient (Wildman–Crippen LogP) is 0.312. The van der Waals surface area contributed by atoms with Gasteiger partial charge in [0.1, 0.15) is 0 Å². The van der Waals surface area contributed by atoms with E-state index in [-0.39, 0.29) is 5.91 Å². The van der Waals surface area contributed by atoms with Gasteiger partial charge in [-0.05, 0) is 31.6 Å². The van der Waals surface area contributed by atoms with Gasteiger partial charge in [-0.25, -0.2) is 0 Å². The minimum Gasteiger partial charge on any atom is -0.370 e. The highest BCUT2D eigenvalue weighted by atomic mass is 16.2. The van der Waals surface area contributed by atoms with Crippen LogP contribution in [-0.2, 0) is 4.79 Å². The smallest absolute Gasteiger partial charge is 0.222 e. The third-order valence-corrected chi connectivity index (χ3v) is 3.74. The quantitative estimate of drug-likeness (QED) is 0.549. The minimum absolute atomic E-state index is 0.224. The first kappa shape index (κ1) is 12.2. The van der Waals surface area contributed by atoms with Crippen LogP contribution in [0.25, 0.3) is 0 Å². The lowest BCUT2D eigenvalue weighted by Gasteiger charge is -2.29. The van der Waals surface area contributed by atoms with Crippen molar-refractivity contribution in [3.05, 3.63) is 0 Å². The number of carbonyl (C=O) groups excluding carboxylic acids is 1. The molecule has 0 aromatic rings. The van der Waals surface area contributed by atoms with Crippen LogP contribution in [0.1, 0.15) is 32.1 Å². The zero-order valence-electron chi connectivity index (χ0n) is 10.5. The predicted molar refractivity (Wildman–Crippen MR) is 67.6 cm³/mol. The van der Waals surface area contributed by atoms with Gasteiger partial charge in [0.25, 0.3) is 0 Å². The van der Waals surface area contributed by atoms with Crippen LogP contribution in [0.2, 0.25) is 0 Å². The zero-order valence-corrected chi connectivity index (χ0v) is 10.5. The van der Waals surface area contributed by atoms with Crippen LogP contribution in [0.15, 0.2) is 4.99 Å². The molecule has 0 bridgehead atoms. The van der Waals surface area contributed by atoms with E-state index in [9.17, 15) is 4.79 Å². The van der Waals surface area contributed by atoms with Gasteiger partial charge in [0.05, 0.1) is 0 Å². The maximum absolute atomic E-state index is 11.5. The molecule has 1 saturated carbocycles. The Morgan fingerprint density at radius 1 is 1.53 bits per heavy atom. The molecule has 3 N–H and O–H groups in total. The molecular formula is C12H22N4O. The number of aliphatic imine (C=N–C) groups is 1. The molecule has 5 nitrogen and oxygen atoms in total. The summed E-state index contributed by atoms with van der Waals surface area (Å²) in [6.07, 6.45) is 5.32. The van der Waals surface area contributed by atoms with Crippen LogP contribution in [0, 0.1) is 5.92 Å². The van der Waals surface area contributed by atoms with Crippen molar-refractivity contribution in [1.29, 1.82) is 0 Å². The third-order valence-electron chi connectivity index (χ3n) is 3.74. The normalized spacial score (nSPS) is 26.9. The number of hydrogen-bond donors (Lipinski definition) is 2. The molecule has 1 heterocycles. The molecule has 96 valence electrons. The lowest BCUT2D eigenvalue weighted by atomic mass is 9.93. The summed E-state index contributed by atoms with van der Waals surface area (Å²) in [5.74, 6) is 1.13. The minimum atomic E-state index is 0.224. The Morgan fingerprint density at radius 3 is 2.88 bits per heavy atom. The van der Waals surface area contributed by atoms with Gasteiger partial charge in [-0.3, -0.25) is 9.79 Å². The van der Waals surface area contributed by atoms with E-state index < -0.39 is 0 Å². The maximum Gasteiger partial charge on any atom is 0.222 e. The summed E-state index contributed by atoms with van der Waals surface area (Å²) in [4.78, 5) is 17.6. The van der Waals surface area contributed by atoms with Crippen LogP contribution in [-0.4, -0.2) is 42.9 Å². The van der Waals surface area contributed by atoms with Crippen molar-refractivity contribution >= 4 is 11.9 Å². The van der Waals surface area contributed by atoms with Crippen LogP contribution >= 0.6 is 0 Å². The van der Waals surface area contributed by atoms with Crippen molar-refractivity contribution in [3.8, 4) is 0 Å². The van der Waals surface area contributed by atoms with E-state index >= 15 is 0 Å². The fourth-order valence-electron chi connectivity index (χ4n) is 2.20. The van der Waals surface area contributed by atoms with Crippen LogP contribution < -0.4 is 11.1 Å². The molecule has 2 aliphatic rings. The molecule has 1 aliphatic carbocycles. The van der Waals surface area contributed by atoms with E-state index in [0.29, 0.717) is 30.9 Å². The fourth-order valence-corrected chi connectivity index (χ4v) is 2.20. The molecule has 17 heavy (non-hydrogen) atoms. The summed E-state index contributed by atoms with van der Waals surface area (Å²) in [6, 6.07) is 0.526. The van der Waals surface area contributed by atoms with Gasteiger partial charge in [-0.15, -0.1) is 0 Å². The van der Waals surface area contributed by atoms with Crippen molar-refractivity contribution in [1.82, 2.24) is 10.2 Å². The van der Waals surface area contributed by atoms with Crippen molar-refractivity contribution in [2.75, 3.05) is 20.1 Å². The molecular weight excluding hydrogens is 216 g/mol. The fraction of sp³-hybridized carbons (Fsp3) is 0.833. The number of guanidine groups is 1. The van der Waals surface area contributed by atoms with E-state index in [1.165, 1.54) is 19.3 Å². The number of likely N-dealkylation sites (tertiary alicyclic amines) is 1. The number of carbonyl (C=O) groups is 1. The number of hydrogen-bond acceptors (Lipinski definition) is 2. The van der Waals surface area contributed by atoms with E-state index in [2.05, 4.69) is 10.3 Å². The summed E-state index contributed by atoms with van der Waals surface area (Å²) < 4.78 is 0. The van der Waals surface area contributed by atoms with Crippen molar-refractivity contribution in [2.24, 2.45) is 16.6 Å². The SMILES string of the molecule is CN1CCC(CN=C(N)NC2CCC2)CC1=O. The Morgan fingerprint density at radius 2 is 2.29 bits per heavy atom. The molecule has 0 aromatic heterocycles. The number of piperidine rings is 1. The van der Waals surface area contributed by atoms with Crippen LogP contribution in [0.3, 0.4) is 0 Å². The van der Waals surface area contributed by atoms with Gasteiger partial charge < -0.3 is 16.0 Å². The first-order valence-electron chi connectivity index (χ1n) is 6.45. The molecule has 1 aliphatic heterocycles. The highest BCUT2D eigenvalue weighted by Crippen LogP contribution is 2.18. The van der Waals surface area contributed by atoms with E-state index in [4.69, 9.17) is 5.73 Å². The highest BCUT2D eigenvalue weighted by molar-refractivity contribution is 5.78. The molecule has 0 spiro atoms. The molecule has 5 heteroatoms. The molecule has 1 amide bonds. The Hall–Kier alpha value is -1.26. The van der Waals surface area contributed by atoms with Crippen molar-refractivity contribution in [3.63, 3.8) is 0 Å². The molecule has 1 saturated heterocycles. The largest absolute Gasteiger partial charge is 0.370 e. The number of nitrogens with one attached hydrogen (secondary N) is 1. The number of nitrogens with two attached hydrogens (primary N) is 1. The van der Waals surface area contributed by atoms with Crippen LogP contribution in [0.4, 0.5) is 0 Å². The molecule has 0 radical (unpaired) electrons. The van der Waals surface area contributed by atoms with Crippen molar-refractivity contribution < 1.29 is 4.79 Å². The van der Waals surface area contributed by atoms with E-state index in [1.807, 2.05) is 7.05 Å². The first-order chi connectivity index (χ1) is 8.15. The second-order valence-electron chi connectivity index (χ2n) is 5.17. The third kappa shape index (κ3) is 3.35. The van der Waals surface area contributed by atoms with Gasteiger partial charge in [0.15, 0.2) is 5.96 Å². The van der Waals surface area contributed by atoms with Gasteiger partial charge in [-0.1, -0.05) is 0 Å². The monoisotopic (exact) mass is 238 g/mol. The standard InChI is InChI=1S/C12H22N4O/c1-16-6-5-9(7-11(16)17)8-14-12(13)15-10-3-2-4-10/h9-10H,2-8H2,1H3,(H3,13,14,15). The lowest BCUT2D eigenvalue weighted by Crippen LogP contribution is -2.44. The highest BCUT2D eigenvalue weighted by Gasteiger charge is 2.23. The molecule has 2 fully saturated rings. The molecule has 1 atom stereocenters. The van der Waals surface area contributed by atoms with Gasteiger partial charge in [-0.2, -0.15) is 0 Å². The van der Waals surface area contributed by atoms with Crippen molar-refractivity contribution in [2.45, 2.75) is 38.1 Å². The summed E-state index contributed by atoms with van der Waals surface area (Å²) >= 11 is 0. The van der Waals surface area contributed by atoms with Gasteiger partial charge in [0, 0.05) is 32.6 Å². The summed E-state index contributed by atoms with van der Waals surface area (Å²) in [6.45, 7) is 1.51. The number of rotatable bonds is 3. The summed E-state index contributed by atoms with van der Waals surface area (Å²) in [5.41, 5.74) is 5.81.